The van der Waals surface area contributed by atoms with Crippen molar-refractivity contribution in [1.29, 1.82) is 0 Å². The molecule has 3 aliphatic rings. The number of epoxide rings is 2. The van der Waals surface area contributed by atoms with Gasteiger partial charge in [-0.3, -0.25) is 10.1 Å². The lowest BCUT2D eigenvalue weighted by Crippen LogP contribution is -2.07. The van der Waals surface area contributed by atoms with Crippen LogP contribution in [0.4, 0.5) is 5.69 Å². The maximum absolute atomic E-state index is 10.6. The lowest BCUT2D eigenvalue weighted by Gasteiger charge is -2.00. The van der Waals surface area contributed by atoms with Gasteiger partial charge in [-0.2, -0.15) is 15.0 Å². The lowest BCUT2D eigenvalue weighted by molar-refractivity contribution is -0.384. The number of hydrogen-bond acceptors (Lipinski definition) is 6. The highest BCUT2D eigenvalue weighted by Gasteiger charge is 2.66. The van der Waals surface area contributed by atoms with E-state index in [2.05, 4.69) is 10.2 Å². The Morgan fingerprint density at radius 2 is 1.68 bits per heavy atom. The smallest absolute Gasteiger partial charge is 0.269 e. The van der Waals surface area contributed by atoms with E-state index in [4.69, 9.17) is 9.47 Å². The van der Waals surface area contributed by atoms with E-state index in [1.54, 1.807) is 16.9 Å². The minimum atomic E-state index is -0.398. The zero-order valence-corrected chi connectivity index (χ0v) is 11.5. The summed E-state index contributed by atoms with van der Waals surface area (Å²) < 4.78 is 11.1. The van der Waals surface area contributed by atoms with Crippen molar-refractivity contribution in [3.05, 3.63) is 51.3 Å². The number of rotatable bonds is 4. The van der Waals surface area contributed by atoms with Crippen LogP contribution in [-0.4, -0.2) is 32.1 Å². The van der Waals surface area contributed by atoms with E-state index in [-0.39, 0.29) is 30.1 Å². The van der Waals surface area contributed by atoms with Crippen LogP contribution in [-0.2, 0) is 22.4 Å². The molecular weight excluding hydrogens is 288 g/mol. The number of aryl methyl sites for hydroxylation is 2. The van der Waals surface area contributed by atoms with E-state index in [9.17, 15) is 10.1 Å². The molecule has 2 saturated heterocycles. The summed E-state index contributed by atoms with van der Waals surface area (Å²) in [5.74, 6) is 0. The van der Waals surface area contributed by atoms with Crippen LogP contribution < -0.4 is 0 Å². The minimum absolute atomic E-state index is 0.0619. The van der Waals surface area contributed by atoms with Gasteiger partial charge in [0.25, 0.3) is 5.69 Å². The fourth-order valence-corrected chi connectivity index (χ4v) is 3.08. The summed E-state index contributed by atoms with van der Waals surface area (Å²) in [7, 11) is 0. The minimum Gasteiger partial charge on any atom is -0.360 e. The number of hydrogen-bond donors (Lipinski definition) is 0. The van der Waals surface area contributed by atoms with Crippen molar-refractivity contribution in [1.82, 2.24) is 15.0 Å². The van der Waals surface area contributed by atoms with Crippen LogP contribution in [0.3, 0.4) is 0 Å². The number of nitro groups is 1. The van der Waals surface area contributed by atoms with Crippen molar-refractivity contribution < 1.29 is 14.4 Å². The summed E-state index contributed by atoms with van der Waals surface area (Å²) in [6.07, 6.45) is 1.20. The van der Waals surface area contributed by atoms with Crippen LogP contribution in [0.5, 0.6) is 0 Å². The van der Waals surface area contributed by atoms with Crippen molar-refractivity contribution in [2.45, 2.75) is 37.4 Å². The predicted octanol–water partition coefficient (Wildman–Crippen LogP) is 1.32. The van der Waals surface area contributed by atoms with Gasteiger partial charge in [0, 0.05) is 12.1 Å². The summed E-state index contributed by atoms with van der Waals surface area (Å²) in [4.78, 5) is 11.9. The van der Waals surface area contributed by atoms with Gasteiger partial charge in [0.1, 0.15) is 35.8 Å². The van der Waals surface area contributed by atoms with Gasteiger partial charge in [-0.25, -0.2) is 0 Å². The van der Waals surface area contributed by atoms with E-state index in [1.165, 1.54) is 12.1 Å². The molecule has 8 heteroatoms. The first-order valence-electron chi connectivity index (χ1n) is 7.20. The van der Waals surface area contributed by atoms with Gasteiger partial charge in [0.15, 0.2) is 0 Å². The van der Waals surface area contributed by atoms with Crippen molar-refractivity contribution in [3.63, 3.8) is 0 Å². The highest BCUT2D eigenvalue weighted by molar-refractivity contribution is 5.33. The molecule has 8 nitrogen and oxygen atoms in total. The Labute approximate surface area is 124 Å². The number of fused-ring (bicyclic) bond motifs is 6. The molecular formula is C14H12N4O4. The first-order valence-corrected chi connectivity index (χ1v) is 7.20. The Balaban J connectivity index is 1.31. The number of ether oxygens (including phenoxy) is 2. The van der Waals surface area contributed by atoms with Crippen LogP contribution in [0.2, 0.25) is 0 Å². The molecule has 0 radical (unpaired) electrons. The molecule has 4 unspecified atom stereocenters. The van der Waals surface area contributed by atoms with Crippen molar-refractivity contribution in [2.24, 2.45) is 0 Å². The van der Waals surface area contributed by atoms with E-state index >= 15 is 0 Å². The fraction of sp³-hybridized carbons (Fsp3) is 0.429. The van der Waals surface area contributed by atoms with Crippen LogP contribution >= 0.6 is 0 Å². The van der Waals surface area contributed by atoms with Crippen molar-refractivity contribution in [3.8, 4) is 0 Å². The Morgan fingerprint density at radius 1 is 1.09 bits per heavy atom. The van der Waals surface area contributed by atoms with Gasteiger partial charge in [-0.1, -0.05) is 12.1 Å². The van der Waals surface area contributed by atoms with E-state index in [0.29, 0.717) is 6.54 Å². The number of nitrogens with zero attached hydrogens (tertiary/aromatic N) is 4. The largest absolute Gasteiger partial charge is 0.360 e. The van der Waals surface area contributed by atoms with Gasteiger partial charge in [-0.15, -0.1) is 0 Å². The van der Waals surface area contributed by atoms with Crippen LogP contribution in [0.25, 0.3) is 0 Å². The average molecular weight is 300 g/mol. The van der Waals surface area contributed by atoms with Gasteiger partial charge in [0.05, 0.1) is 11.5 Å². The summed E-state index contributed by atoms with van der Waals surface area (Å²) in [5.41, 5.74) is 2.94. The molecule has 5 rings (SSSR count). The Hall–Kier alpha value is -2.32. The second-order valence-corrected chi connectivity index (χ2v) is 5.78. The Bertz CT molecular complexity index is 738. The second-order valence-electron chi connectivity index (χ2n) is 5.78. The summed E-state index contributed by atoms with van der Waals surface area (Å²) in [6.45, 7) is 0.625. The molecule has 0 spiro atoms. The van der Waals surface area contributed by atoms with Gasteiger partial charge < -0.3 is 9.47 Å². The normalized spacial score (nSPS) is 30.2. The maximum atomic E-state index is 10.6. The molecule has 0 N–H and O–H groups in total. The van der Waals surface area contributed by atoms with Crippen LogP contribution in [0.1, 0.15) is 29.2 Å². The number of nitro benzene ring substituents is 1. The molecule has 0 saturated carbocycles. The summed E-state index contributed by atoms with van der Waals surface area (Å²) >= 11 is 0. The molecule has 1 aromatic heterocycles. The van der Waals surface area contributed by atoms with Gasteiger partial charge in [-0.05, 0) is 12.0 Å². The molecule has 4 atom stereocenters. The lowest BCUT2D eigenvalue weighted by atomic mass is 10.0. The Morgan fingerprint density at radius 3 is 2.23 bits per heavy atom. The van der Waals surface area contributed by atoms with E-state index < -0.39 is 4.92 Å². The molecule has 2 fully saturated rings. The Kier molecular flexibility index (Phi) is 2.29. The quantitative estimate of drug-likeness (QED) is 0.480. The number of benzene rings is 1. The van der Waals surface area contributed by atoms with Crippen molar-refractivity contribution >= 4 is 5.69 Å². The molecule has 0 bridgehead atoms. The van der Waals surface area contributed by atoms with Gasteiger partial charge >= 0.3 is 0 Å². The van der Waals surface area contributed by atoms with Crippen LogP contribution in [0, 0.1) is 10.1 Å². The number of non-ortho nitro benzene ring substituents is 1. The third kappa shape index (κ3) is 1.77. The molecule has 3 heterocycles. The van der Waals surface area contributed by atoms with Gasteiger partial charge in [0.2, 0.25) is 0 Å². The molecule has 22 heavy (non-hydrogen) atoms. The fourth-order valence-electron chi connectivity index (χ4n) is 3.08. The second kappa shape index (κ2) is 4.11. The third-order valence-electron chi connectivity index (χ3n) is 4.37. The van der Waals surface area contributed by atoms with E-state index in [1.807, 2.05) is 0 Å². The molecule has 0 amide bonds. The molecule has 1 aromatic carbocycles. The SMILES string of the molecule is O=[N+]([O-])c1ccc(CCn2nc3c(n2)C2OC2C2OC32)cc1. The monoisotopic (exact) mass is 300 g/mol. The summed E-state index contributed by atoms with van der Waals surface area (Å²) in [5, 5.41) is 19.6. The summed E-state index contributed by atoms with van der Waals surface area (Å²) in [6, 6.07) is 6.56. The zero-order valence-electron chi connectivity index (χ0n) is 11.5. The average Bonchev–Trinajstić information content (AvgIpc) is 3.42. The zero-order chi connectivity index (χ0) is 14.8. The highest BCUT2D eigenvalue weighted by atomic mass is 16.7. The maximum Gasteiger partial charge on any atom is 0.269 e. The molecule has 1 aliphatic carbocycles. The molecule has 2 aromatic rings. The van der Waals surface area contributed by atoms with Crippen molar-refractivity contribution in [2.75, 3.05) is 0 Å². The topological polar surface area (TPSA) is 98.9 Å². The van der Waals surface area contributed by atoms with E-state index in [0.717, 1.165) is 23.4 Å². The first-order chi connectivity index (χ1) is 10.7. The predicted molar refractivity (Wildman–Crippen MR) is 72.1 cm³/mol. The molecule has 112 valence electrons. The standard InChI is InChI=1S/C14H12N4O4/c19-18(20)8-3-1-7(2-4-8)5-6-17-15-9-10(16-17)12-14(22-12)13-11(9)21-13/h1-4,11-14H,5-6H2. The highest BCUT2D eigenvalue weighted by Crippen LogP contribution is 2.59. The molecule has 2 aliphatic heterocycles. The third-order valence-corrected chi connectivity index (χ3v) is 4.37. The number of aromatic nitrogens is 3. The first kappa shape index (κ1) is 12.2. The van der Waals surface area contributed by atoms with Crippen LogP contribution in [0.15, 0.2) is 24.3 Å².